The number of carbonyl (C=O) groups is 2. The lowest BCUT2D eigenvalue weighted by atomic mass is 10.1. The van der Waals surface area contributed by atoms with E-state index in [4.69, 9.17) is 0 Å². The van der Waals surface area contributed by atoms with E-state index in [0.29, 0.717) is 6.54 Å². The summed E-state index contributed by atoms with van der Waals surface area (Å²) in [6, 6.07) is 7.88. The Kier molecular flexibility index (Phi) is 5.79. The van der Waals surface area contributed by atoms with E-state index in [1.165, 1.54) is 18.1 Å². The van der Waals surface area contributed by atoms with Crippen LogP contribution in [0.4, 0.5) is 0 Å². The monoisotopic (exact) mass is 261 g/mol. The number of methoxy groups -OCH3 is 1. The second-order valence-corrected chi connectivity index (χ2v) is 4.33. The maximum absolute atomic E-state index is 11.8. The number of nitrogens with zero attached hydrogens (tertiary/aromatic N) is 1. The van der Waals surface area contributed by atoms with Crippen molar-refractivity contribution in [1.29, 1.82) is 0 Å². The lowest BCUT2D eigenvalue weighted by molar-refractivity contribution is -0.141. The van der Waals surface area contributed by atoms with Crippen LogP contribution in [0.25, 0.3) is 6.08 Å². The molecule has 0 bridgehead atoms. The molecular formula is C15H19NO3. The van der Waals surface area contributed by atoms with Gasteiger partial charge in [0.2, 0.25) is 5.91 Å². The van der Waals surface area contributed by atoms with Gasteiger partial charge in [-0.05, 0) is 18.6 Å². The van der Waals surface area contributed by atoms with E-state index in [-0.39, 0.29) is 18.3 Å². The minimum atomic E-state index is -0.317. The van der Waals surface area contributed by atoms with Crippen LogP contribution in [0, 0.1) is 6.92 Å². The summed E-state index contributed by atoms with van der Waals surface area (Å²) in [7, 11) is 2.99. The van der Waals surface area contributed by atoms with Crippen molar-refractivity contribution in [3.63, 3.8) is 0 Å². The number of amides is 1. The van der Waals surface area contributed by atoms with Crippen LogP contribution in [0.3, 0.4) is 0 Å². The molecule has 0 aliphatic heterocycles. The lowest BCUT2D eigenvalue weighted by Gasteiger charge is -2.13. The van der Waals surface area contributed by atoms with Gasteiger partial charge in [0.25, 0.3) is 0 Å². The molecule has 0 aliphatic carbocycles. The summed E-state index contributed by atoms with van der Waals surface area (Å²) in [5.41, 5.74) is 2.13. The van der Waals surface area contributed by atoms with Gasteiger partial charge < -0.3 is 9.64 Å². The summed E-state index contributed by atoms with van der Waals surface area (Å²) >= 11 is 0. The topological polar surface area (TPSA) is 46.6 Å². The molecule has 1 aromatic carbocycles. The van der Waals surface area contributed by atoms with Gasteiger partial charge in [0.05, 0.1) is 13.5 Å². The summed E-state index contributed by atoms with van der Waals surface area (Å²) < 4.78 is 4.53. The van der Waals surface area contributed by atoms with Crippen molar-refractivity contribution in [3.05, 3.63) is 41.5 Å². The molecule has 4 nitrogen and oxygen atoms in total. The smallest absolute Gasteiger partial charge is 0.307 e. The van der Waals surface area contributed by atoms with Gasteiger partial charge in [-0.1, -0.05) is 29.8 Å². The largest absolute Gasteiger partial charge is 0.469 e. The zero-order valence-corrected chi connectivity index (χ0v) is 11.6. The van der Waals surface area contributed by atoms with Crippen molar-refractivity contribution in [2.75, 3.05) is 20.7 Å². The molecular weight excluding hydrogens is 242 g/mol. The highest BCUT2D eigenvalue weighted by Gasteiger charge is 2.07. The standard InChI is InChI=1S/C15H19NO3/c1-12-5-4-6-13(11-12)7-8-14(17)16(2)10-9-15(18)19-3/h4-8,11H,9-10H2,1-3H3/b8-7+. The van der Waals surface area contributed by atoms with Crippen LogP contribution < -0.4 is 0 Å². The number of rotatable bonds is 5. The molecule has 102 valence electrons. The van der Waals surface area contributed by atoms with Crippen LogP contribution in [0.2, 0.25) is 0 Å². The normalized spacial score (nSPS) is 10.5. The fourth-order valence-corrected chi connectivity index (χ4v) is 1.54. The average Bonchev–Trinajstić information content (AvgIpc) is 2.41. The minimum Gasteiger partial charge on any atom is -0.469 e. The molecule has 0 fully saturated rings. The number of hydrogen-bond acceptors (Lipinski definition) is 3. The van der Waals surface area contributed by atoms with Crippen molar-refractivity contribution in [1.82, 2.24) is 4.90 Å². The zero-order valence-electron chi connectivity index (χ0n) is 11.6. The SMILES string of the molecule is COC(=O)CCN(C)C(=O)/C=C/c1cccc(C)c1. The third kappa shape index (κ3) is 5.38. The highest BCUT2D eigenvalue weighted by molar-refractivity contribution is 5.91. The Hall–Kier alpha value is -2.10. The van der Waals surface area contributed by atoms with E-state index in [0.717, 1.165) is 11.1 Å². The summed E-state index contributed by atoms with van der Waals surface area (Å²) in [6.07, 6.45) is 3.48. The zero-order chi connectivity index (χ0) is 14.3. The fourth-order valence-electron chi connectivity index (χ4n) is 1.54. The van der Waals surface area contributed by atoms with Crippen LogP contribution in [-0.2, 0) is 14.3 Å². The van der Waals surface area contributed by atoms with Crippen molar-refractivity contribution in [2.24, 2.45) is 0 Å². The molecule has 1 rings (SSSR count). The van der Waals surface area contributed by atoms with E-state index >= 15 is 0 Å². The Morgan fingerprint density at radius 1 is 1.37 bits per heavy atom. The number of ether oxygens (including phenoxy) is 1. The van der Waals surface area contributed by atoms with Crippen LogP contribution in [-0.4, -0.2) is 37.5 Å². The lowest BCUT2D eigenvalue weighted by Crippen LogP contribution is -2.27. The van der Waals surface area contributed by atoms with Gasteiger partial charge in [-0.3, -0.25) is 9.59 Å². The predicted molar refractivity (Wildman–Crippen MR) is 74.5 cm³/mol. The number of hydrogen-bond donors (Lipinski definition) is 0. The van der Waals surface area contributed by atoms with Gasteiger partial charge in [0, 0.05) is 19.7 Å². The Morgan fingerprint density at radius 3 is 2.74 bits per heavy atom. The fraction of sp³-hybridized carbons (Fsp3) is 0.333. The van der Waals surface area contributed by atoms with Gasteiger partial charge in [-0.25, -0.2) is 0 Å². The quantitative estimate of drug-likeness (QED) is 0.602. The molecule has 0 atom stereocenters. The number of esters is 1. The highest BCUT2D eigenvalue weighted by Crippen LogP contribution is 2.06. The molecule has 0 heterocycles. The summed E-state index contributed by atoms with van der Waals surface area (Å²) in [5, 5.41) is 0. The van der Waals surface area contributed by atoms with Crippen molar-refractivity contribution >= 4 is 18.0 Å². The van der Waals surface area contributed by atoms with Gasteiger partial charge in [0.15, 0.2) is 0 Å². The summed E-state index contributed by atoms with van der Waals surface area (Å²) in [5.74, 6) is -0.451. The van der Waals surface area contributed by atoms with Crippen LogP contribution in [0.5, 0.6) is 0 Å². The maximum Gasteiger partial charge on any atom is 0.307 e. The number of likely N-dealkylation sites (N-methyl/N-ethyl adjacent to an activating group) is 1. The maximum atomic E-state index is 11.8. The van der Waals surface area contributed by atoms with E-state index in [9.17, 15) is 9.59 Å². The van der Waals surface area contributed by atoms with Gasteiger partial charge >= 0.3 is 5.97 Å². The van der Waals surface area contributed by atoms with Crippen molar-refractivity contribution < 1.29 is 14.3 Å². The van der Waals surface area contributed by atoms with Crippen LogP contribution in [0.1, 0.15) is 17.5 Å². The molecule has 0 saturated carbocycles. The highest BCUT2D eigenvalue weighted by atomic mass is 16.5. The first-order chi connectivity index (χ1) is 9.02. The first kappa shape index (κ1) is 15.0. The van der Waals surface area contributed by atoms with E-state index in [1.54, 1.807) is 13.1 Å². The molecule has 0 N–H and O–H groups in total. The van der Waals surface area contributed by atoms with Crippen LogP contribution in [0.15, 0.2) is 30.3 Å². The second-order valence-electron chi connectivity index (χ2n) is 4.33. The molecule has 0 unspecified atom stereocenters. The number of benzene rings is 1. The van der Waals surface area contributed by atoms with E-state index in [1.807, 2.05) is 31.2 Å². The Balaban J connectivity index is 2.52. The molecule has 19 heavy (non-hydrogen) atoms. The molecule has 4 heteroatoms. The summed E-state index contributed by atoms with van der Waals surface area (Å²) in [4.78, 5) is 24.3. The molecule has 0 aromatic heterocycles. The van der Waals surface area contributed by atoms with Gasteiger partial charge in [-0.15, -0.1) is 0 Å². The Bertz CT molecular complexity index is 480. The predicted octanol–water partition coefficient (Wildman–Crippen LogP) is 2.03. The first-order valence-corrected chi connectivity index (χ1v) is 6.09. The van der Waals surface area contributed by atoms with Crippen LogP contribution >= 0.6 is 0 Å². The average molecular weight is 261 g/mol. The third-order valence-corrected chi connectivity index (χ3v) is 2.72. The number of carbonyl (C=O) groups excluding carboxylic acids is 2. The molecule has 1 aromatic rings. The Labute approximate surface area is 113 Å². The molecule has 0 aliphatic rings. The van der Waals surface area contributed by atoms with E-state index < -0.39 is 0 Å². The molecule has 0 spiro atoms. The van der Waals surface area contributed by atoms with Crippen molar-refractivity contribution in [3.8, 4) is 0 Å². The molecule has 1 amide bonds. The third-order valence-electron chi connectivity index (χ3n) is 2.72. The van der Waals surface area contributed by atoms with Gasteiger partial charge in [-0.2, -0.15) is 0 Å². The summed E-state index contributed by atoms with van der Waals surface area (Å²) in [6.45, 7) is 2.35. The minimum absolute atomic E-state index is 0.134. The van der Waals surface area contributed by atoms with Gasteiger partial charge in [0.1, 0.15) is 0 Å². The molecule has 0 saturated heterocycles. The number of aryl methyl sites for hydroxylation is 1. The van der Waals surface area contributed by atoms with Crippen molar-refractivity contribution in [2.45, 2.75) is 13.3 Å². The second kappa shape index (κ2) is 7.36. The molecule has 0 radical (unpaired) electrons. The van der Waals surface area contributed by atoms with E-state index in [2.05, 4.69) is 4.74 Å². The first-order valence-electron chi connectivity index (χ1n) is 6.09. The Morgan fingerprint density at radius 2 is 2.11 bits per heavy atom.